The molecule has 2 heterocycles. The molecule has 0 bridgehead atoms. The van der Waals surface area contributed by atoms with Crippen LogP contribution in [0.25, 0.3) is 0 Å². The number of morpholine rings is 1. The van der Waals surface area contributed by atoms with E-state index >= 15 is 0 Å². The lowest BCUT2D eigenvalue weighted by atomic mass is 9.96. The summed E-state index contributed by atoms with van der Waals surface area (Å²) >= 11 is 0. The van der Waals surface area contributed by atoms with Crippen molar-refractivity contribution >= 4 is 11.9 Å². The van der Waals surface area contributed by atoms with E-state index in [1.165, 1.54) is 0 Å². The van der Waals surface area contributed by atoms with Crippen molar-refractivity contribution in [3.05, 3.63) is 35.4 Å². The highest BCUT2D eigenvalue weighted by atomic mass is 16.5. The minimum absolute atomic E-state index is 0.0520. The zero-order valence-electron chi connectivity index (χ0n) is 15.5. The maximum atomic E-state index is 12.8. The van der Waals surface area contributed by atoms with Gasteiger partial charge in [-0.3, -0.25) is 14.5 Å². The van der Waals surface area contributed by atoms with Gasteiger partial charge in [-0.1, -0.05) is 12.1 Å². The first-order valence-corrected chi connectivity index (χ1v) is 9.52. The molecular weight excluding hydrogens is 332 g/mol. The Balaban J connectivity index is 1.56. The molecule has 0 spiro atoms. The van der Waals surface area contributed by atoms with Gasteiger partial charge >= 0.3 is 5.97 Å². The summed E-state index contributed by atoms with van der Waals surface area (Å²) in [4.78, 5) is 28.9. The molecule has 142 valence electrons. The predicted octanol–water partition coefficient (Wildman–Crippen LogP) is 1.93. The number of carbonyl (C=O) groups is 2. The lowest BCUT2D eigenvalue weighted by Crippen LogP contribution is -2.40. The first-order valence-electron chi connectivity index (χ1n) is 9.52. The summed E-state index contributed by atoms with van der Waals surface area (Å²) in [5.74, 6) is -0.158. The van der Waals surface area contributed by atoms with Gasteiger partial charge in [0.05, 0.1) is 25.7 Å². The third-order valence-corrected chi connectivity index (χ3v) is 5.09. The molecule has 6 nitrogen and oxygen atoms in total. The van der Waals surface area contributed by atoms with Gasteiger partial charge < -0.3 is 14.4 Å². The van der Waals surface area contributed by atoms with Gasteiger partial charge in [0.2, 0.25) is 0 Å². The molecule has 6 heteroatoms. The quantitative estimate of drug-likeness (QED) is 0.751. The number of hydrogen-bond donors (Lipinski definition) is 0. The van der Waals surface area contributed by atoms with Gasteiger partial charge in [-0.25, -0.2) is 0 Å². The highest BCUT2D eigenvalue weighted by Crippen LogP contribution is 2.21. The molecule has 0 atom stereocenters. The number of likely N-dealkylation sites (tertiary alicyclic amines) is 1. The third-order valence-electron chi connectivity index (χ3n) is 5.09. The Labute approximate surface area is 155 Å². The van der Waals surface area contributed by atoms with E-state index < -0.39 is 0 Å². The minimum atomic E-state index is -0.132. The van der Waals surface area contributed by atoms with Crippen molar-refractivity contribution < 1.29 is 19.1 Å². The van der Waals surface area contributed by atoms with Crippen molar-refractivity contribution in [3.63, 3.8) is 0 Å². The number of benzene rings is 1. The molecule has 2 fully saturated rings. The SMILES string of the molecule is CCOC(=O)C1CCN(C(=O)c2cccc(CN3CCOCC3)c2)CC1. The number of carbonyl (C=O) groups excluding carboxylic acids is 2. The number of rotatable bonds is 5. The Morgan fingerprint density at radius 3 is 2.58 bits per heavy atom. The summed E-state index contributed by atoms with van der Waals surface area (Å²) in [6.07, 6.45) is 1.36. The van der Waals surface area contributed by atoms with E-state index in [0.29, 0.717) is 32.5 Å². The fourth-order valence-electron chi connectivity index (χ4n) is 3.58. The van der Waals surface area contributed by atoms with Gasteiger partial charge in [-0.15, -0.1) is 0 Å². The van der Waals surface area contributed by atoms with Crippen molar-refractivity contribution in [2.75, 3.05) is 46.0 Å². The molecule has 0 saturated carbocycles. The molecule has 3 rings (SSSR count). The average molecular weight is 360 g/mol. The molecular formula is C20H28N2O4. The summed E-state index contributed by atoms with van der Waals surface area (Å²) in [7, 11) is 0. The van der Waals surface area contributed by atoms with Crippen molar-refractivity contribution in [1.82, 2.24) is 9.80 Å². The zero-order valence-corrected chi connectivity index (χ0v) is 15.5. The van der Waals surface area contributed by atoms with Crippen LogP contribution in [0.2, 0.25) is 0 Å². The molecule has 2 aliphatic heterocycles. The number of ether oxygens (including phenoxy) is 2. The Bertz CT molecular complexity index is 620. The molecule has 1 aromatic carbocycles. The zero-order chi connectivity index (χ0) is 18.4. The van der Waals surface area contributed by atoms with Crippen LogP contribution >= 0.6 is 0 Å². The van der Waals surface area contributed by atoms with E-state index in [4.69, 9.17) is 9.47 Å². The summed E-state index contributed by atoms with van der Waals surface area (Å²) in [5.41, 5.74) is 1.88. The van der Waals surface area contributed by atoms with E-state index in [9.17, 15) is 9.59 Å². The summed E-state index contributed by atoms with van der Waals surface area (Å²) in [6, 6.07) is 7.89. The number of hydrogen-bond acceptors (Lipinski definition) is 5. The predicted molar refractivity (Wildman–Crippen MR) is 97.8 cm³/mol. The molecule has 0 aliphatic carbocycles. The van der Waals surface area contributed by atoms with Gasteiger partial charge in [0.1, 0.15) is 0 Å². The van der Waals surface area contributed by atoms with Gasteiger partial charge in [0, 0.05) is 38.3 Å². The van der Waals surface area contributed by atoms with Crippen molar-refractivity contribution in [2.45, 2.75) is 26.3 Å². The van der Waals surface area contributed by atoms with Crippen molar-refractivity contribution in [1.29, 1.82) is 0 Å². The van der Waals surface area contributed by atoms with Crippen LogP contribution in [0.3, 0.4) is 0 Å². The van der Waals surface area contributed by atoms with Crippen molar-refractivity contribution in [2.24, 2.45) is 5.92 Å². The van der Waals surface area contributed by atoms with Crippen LogP contribution in [0, 0.1) is 5.92 Å². The van der Waals surface area contributed by atoms with Crippen LogP contribution in [0.15, 0.2) is 24.3 Å². The summed E-state index contributed by atoms with van der Waals surface area (Å²) in [6.45, 7) is 7.69. The van der Waals surface area contributed by atoms with E-state index in [2.05, 4.69) is 11.0 Å². The smallest absolute Gasteiger partial charge is 0.309 e. The number of piperidine rings is 1. The molecule has 0 N–H and O–H groups in total. The number of nitrogens with zero attached hydrogens (tertiary/aromatic N) is 2. The maximum absolute atomic E-state index is 12.8. The highest BCUT2D eigenvalue weighted by Gasteiger charge is 2.28. The molecule has 0 unspecified atom stereocenters. The third kappa shape index (κ3) is 4.83. The maximum Gasteiger partial charge on any atom is 0.309 e. The van der Waals surface area contributed by atoms with E-state index in [0.717, 1.165) is 44.0 Å². The molecule has 26 heavy (non-hydrogen) atoms. The Kier molecular flexibility index (Phi) is 6.63. The fraction of sp³-hybridized carbons (Fsp3) is 0.600. The lowest BCUT2D eigenvalue weighted by molar-refractivity contribution is -0.149. The van der Waals surface area contributed by atoms with Crippen LogP contribution in [0.5, 0.6) is 0 Å². The Hall–Kier alpha value is -1.92. The lowest BCUT2D eigenvalue weighted by Gasteiger charge is -2.31. The second kappa shape index (κ2) is 9.14. The van der Waals surface area contributed by atoms with Gasteiger partial charge in [-0.2, -0.15) is 0 Å². The Morgan fingerprint density at radius 2 is 1.88 bits per heavy atom. The molecule has 2 aliphatic rings. The van der Waals surface area contributed by atoms with E-state index in [1.54, 1.807) is 0 Å². The normalized spacial score (nSPS) is 19.3. The first kappa shape index (κ1) is 18.9. The second-order valence-corrected chi connectivity index (χ2v) is 6.91. The van der Waals surface area contributed by atoms with E-state index in [-0.39, 0.29) is 17.8 Å². The summed E-state index contributed by atoms with van der Waals surface area (Å²) < 4.78 is 10.5. The van der Waals surface area contributed by atoms with Crippen LogP contribution in [-0.2, 0) is 20.8 Å². The Morgan fingerprint density at radius 1 is 1.15 bits per heavy atom. The molecule has 0 radical (unpaired) electrons. The van der Waals surface area contributed by atoms with Gasteiger partial charge in [0.25, 0.3) is 5.91 Å². The average Bonchev–Trinajstić information content (AvgIpc) is 2.69. The highest BCUT2D eigenvalue weighted by molar-refractivity contribution is 5.94. The van der Waals surface area contributed by atoms with Crippen LogP contribution in [0.4, 0.5) is 0 Å². The van der Waals surface area contributed by atoms with Gasteiger partial charge in [0.15, 0.2) is 0 Å². The molecule has 1 aromatic rings. The standard InChI is InChI=1S/C20H28N2O4/c1-2-26-20(24)17-6-8-22(9-7-17)19(23)18-5-3-4-16(14-18)15-21-10-12-25-13-11-21/h3-5,14,17H,2,6-13,15H2,1H3. The topological polar surface area (TPSA) is 59.1 Å². The first-order chi connectivity index (χ1) is 12.7. The largest absolute Gasteiger partial charge is 0.466 e. The molecule has 1 amide bonds. The number of amides is 1. The van der Waals surface area contributed by atoms with Crippen LogP contribution in [0.1, 0.15) is 35.7 Å². The second-order valence-electron chi connectivity index (χ2n) is 6.91. The minimum Gasteiger partial charge on any atom is -0.466 e. The fourth-order valence-corrected chi connectivity index (χ4v) is 3.58. The molecule has 2 saturated heterocycles. The molecule has 0 aromatic heterocycles. The summed E-state index contributed by atoms with van der Waals surface area (Å²) in [5, 5.41) is 0. The number of esters is 1. The van der Waals surface area contributed by atoms with Crippen LogP contribution in [-0.4, -0.2) is 67.7 Å². The van der Waals surface area contributed by atoms with Gasteiger partial charge in [-0.05, 0) is 37.5 Å². The van der Waals surface area contributed by atoms with Crippen molar-refractivity contribution in [3.8, 4) is 0 Å². The van der Waals surface area contributed by atoms with E-state index in [1.807, 2.05) is 30.0 Å². The monoisotopic (exact) mass is 360 g/mol. The van der Waals surface area contributed by atoms with Crippen LogP contribution < -0.4 is 0 Å².